The number of benzene rings is 1. The number of aromatic nitrogens is 3. The molecular formula is C16H17N3O2. The van der Waals surface area contributed by atoms with Crippen molar-refractivity contribution in [2.75, 3.05) is 7.11 Å². The van der Waals surface area contributed by atoms with Crippen LogP contribution in [0.5, 0.6) is 0 Å². The fourth-order valence-electron chi connectivity index (χ4n) is 1.91. The standard InChI is InChI=1S/C16H17N3O2/c1-3-4-5-10-19-12-15(17-18-19)11-13-6-8-14(9-7-13)16(20)21-2/h4,6-9,12H,1,5,10-11H2,2H3. The summed E-state index contributed by atoms with van der Waals surface area (Å²) in [5.41, 5.74) is 5.23. The number of hydrogen-bond acceptors (Lipinski definition) is 4. The van der Waals surface area contributed by atoms with E-state index in [-0.39, 0.29) is 5.97 Å². The number of allylic oxidation sites excluding steroid dienone is 1. The van der Waals surface area contributed by atoms with Gasteiger partial charge in [0.15, 0.2) is 0 Å². The number of methoxy groups -OCH3 is 1. The van der Waals surface area contributed by atoms with Crippen molar-refractivity contribution in [2.24, 2.45) is 0 Å². The van der Waals surface area contributed by atoms with Crippen molar-refractivity contribution in [1.29, 1.82) is 0 Å². The highest BCUT2D eigenvalue weighted by Gasteiger charge is 2.06. The van der Waals surface area contributed by atoms with E-state index < -0.39 is 0 Å². The van der Waals surface area contributed by atoms with Crippen LogP contribution >= 0.6 is 0 Å². The van der Waals surface area contributed by atoms with E-state index in [0.717, 1.165) is 24.2 Å². The molecule has 0 atom stereocenters. The summed E-state index contributed by atoms with van der Waals surface area (Å²) in [5.74, 6) is -0.331. The van der Waals surface area contributed by atoms with Crippen LogP contribution < -0.4 is 0 Å². The molecule has 0 bridgehead atoms. The van der Waals surface area contributed by atoms with Gasteiger partial charge in [0.05, 0.1) is 18.4 Å². The fourth-order valence-corrected chi connectivity index (χ4v) is 1.91. The van der Waals surface area contributed by atoms with E-state index in [2.05, 4.69) is 27.4 Å². The number of rotatable bonds is 6. The molecule has 0 amide bonds. The Balaban J connectivity index is 1.98. The maximum absolute atomic E-state index is 11.4. The Morgan fingerprint density at radius 1 is 1.43 bits per heavy atom. The van der Waals surface area contributed by atoms with Gasteiger partial charge < -0.3 is 4.74 Å². The zero-order chi connectivity index (χ0) is 15.1. The van der Waals surface area contributed by atoms with Crippen LogP contribution in [-0.4, -0.2) is 28.1 Å². The van der Waals surface area contributed by atoms with E-state index in [1.54, 1.807) is 16.8 Å². The van der Waals surface area contributed by atoms with Gasteiger partial charge in [-0.25, -0.2) is 4.79 Å². The molecule has 1 aromatic carbocycles. The van der Waals surface area contributed by atoms with Crippen molar-refractivity contribution >= 4 is 5.97 Å². The highest BCUT2D eigenvalue weighted by Crippen LogP contribution is 2.10. The second kappa shape index (κ2) is 7.22. The van der Waals surface area contributed by atoms with Gasteiger partial charge in [0.2, 0.25) is 0 Å². The summed E-state index contributed by atoms with van der Waals surface area (Å²) in [7, 11) is 1.37. The summed E-state index contributed by atoms with van der Waals surface area (Å²) in [5, 5.41) is 8.20. The molecule has 0 aliphatic rings. The second-order valence-electron chi connectivity index (χ2n) is 4.54. The number of esters is 1. The first kappa shape index (κ1) is 14.8. The van der Waals surface area contributed by atoms with E-state index >= 15 is 0 Å². The van der Waals surface area contributed by atoms with E-state index in [0.29, 0.717) is 12.0 Å². The quantitative estimate of drug-likeness (QED) is 0.603. The zero-order valence-electron chi connectivity index (χ0n) is 12.0. The lowest BCUT2D eigenvalue weighted by atomic mass is 10.1. The number of carbonyl (C=O) groups is 1. The number of ether oxygens (including phenoxy) is 1. The summed E-state index contributed by atoms with van der Waals surface area (Å²) in [6.45, 7) is 4.28. The molecule has 0 saturated carbocycles. The van der Waals surface area contributed by atoms with Gasteiger partial charge in [-0.1, -0.05) is 23.9 Å². The SMILES string of the molecule is C=C=CCCn1cc(Cc2ccc(C(=O)OC)cc2)nn1. The lowest BCUT2D eigenvalue weighted by Crippen LogP contribution is -2.01. The summed E-state index contributed by atoms with van der Waals surface area (Å²) in [6.07, 6.45) is 5.30. The molecule has 0 saturated heterocycles. The molecule has 5 nitrogen and oxygen atoms in total. The lowest BCUT2D eigenvalue weighted by Gasteiger charge is -2.01. The predicted molar refractivity (Wildman–Crippen MR) is 78.9 cm³/mol. The number of carbonyl (C=O) groups excluding carboxylic acids is 1. The molecule has 0 radical (unpaired) electrons. The van der Waals surface area contributed by atoms with E-state index in [4.69, 9.17) is 0 Å². The Bertz CT molecular complexity index is 652. The van der Waals surface area contributed by atoms with Crippen LogP contribution in [0.25, 0.3) is 0 Å². The lowest BCUT2D eigenvalue weighted by molar-refractivity contribution is 0.0600. The molecule has 1 aromatic heterocycles. The summed E-state index contributed by atoms with van der Waals surface area (Å²) in [6, 6.07) is 7.29. The Labute approximate surface area is 123 Å². The van der Waals surface area contributed by atoms with Gasteiger partial charge in [0.1, 0.15) is 0 Å². The molecule has 5 heteroatoms. The third-order valence-electron chi connectivity index (χ3n) is 2.99. The van der Waals surface area contributed by atoms with Crippen molar-refractivity contribution in [2.45, 2.75) is 19.4 Å². The molecule has 0 aliphatic carbocycles. The number of aryl methyl sites for hydroxylation is 1. The van der Waals surface area contributed by atoms with Crippen LogP contribution in [0.15, 0.2) is 48.8 Å². The molecule has 0 aliphatic heterocycles. The molecule has 2 rings (SSSR count). The largest absolute Gasteiger partial charge is 0.465 e. The highest BCUT2D eigenvalue weighted by atomic mass is 16.5. The molecule has 0 fully saturated rings. The Hall–Kier alpha value is -2.65. The van der Waals surface area contributed by atoms with Crippen LogP contribution in [-0.2, 0) is 17.7 Å². The van der Waals surface area contributed by atoms with Gasteiger partial charge in [-0.15, -0.1) is 10.8 Å². The minimum atomic E-state index is -0.331. The summed E-state index contributed by atoms with van der Waals surface area (Å²) < 4.78 is 6.46. The minimum Gasteiger partial charge on any atom is -0.465 e. The zero-order valence-corrected chi connectivity index (χ0v) is 12.0. The van der Waals surface area contributed by atoms with E-state index in [9.17, 15) is 4.79 Å². The summed E-state index contributed by atoms with van der Waals surface area (Å²) in [4.78, 5) is 11.4. The van der Waals surface area contributed by atoms with Crippen LogP contribution in [0.3, 0.4) is 0 Å². The van der Waals surface area contributed by atoms with Gasteiger partial charge in [-0.2, -0.15) is 0 Å². The van der Waals surface area contributed by atoms with Crippen molar-refractivity contribution in [3.05, 3.63) is 65.7 Å². The van der Waals surface area contributed by atoms with Gasteiger partial charge in [-0.3, -0.25) is 4.68 Å². The van der Waals surface area contributed by atoms with Crippen LogP contribution in [0, 0.1) is 0 Å². The maximum Gasteiger partial charge on any atom is 0.337 e. The topological polar surface area (TPSA) is 57.0 Å². The average molecular weight is 283 g/mol. The number of nitrogens with zero attached hydrogens (tertiary/aromatic N) is 3. The molecule has 108 valence electrons. The minimum absolute atomic E-state index is 0.331. The van der Waals surface area contributed by atoms with Gasteiger partial charge >= 0.3 is 5.97 Å². The number of hydrogen-bond donors (Lipinski definition) is 0. The average Bonchev–Trinajstić information content (AvgIpc) is 2.95. The van der Waals surface area contributed by atoms with Crippen LogP contribution in [0.2, 0.25) is 0 Å². The van der Waals surface area contributed by atoms with Crippen LogP contribution in [0.4, 0.5) is 0 Å². The smallest absolute Gasteiger partial charge is 0.337 e. The first-order valence-corrected chi connectivity index (χ1v) is 6.63. The molecule has 2 aromatic rings. The first-order valence-electron chi connectivity index (χ1n) is 6.63. The van der Waals surface area contributed by atoms with Gasteiger partial charge in [0.25, 0.3) is 0 Å². The molecule has 1 heterocycles. The third-order valence-corrected chi connectivity index (χ3v) is 2.99. The van der Waals surface area contributed by atoms with Crippen molar-refractivity contribution in [3.8, 4) is 0 Å². The fraction of sp³-hybridized carbons (Fsp3) is 0.250. The van der Waals surface area contributed by atoms with Crippen LogP contribution in [0.1, 0.15) is 28.0 Å². The first-order chi connectivity index (χ1) is 10.2. The molecule has 0 spiro atoms. The highest BCUT2D eigenvalue weighted by molar-refractivity contribution is 5.89. The molecule has 0 N–H and O–H groups in total. The van der Waals surface area contributed by atoms with Crippen molar-refractivity contribution in [1.82, 2.24) is 15.0 Å². The van der Waals surface area contributed by atoms with E-state index in [1.165, 1.54) is 7.11 Å². The van der Waals surface area contributed by atoms with Gasteiger partial charge in [-0.05, 0) is 30.2 Å². The Kier molecular flexibility index (Phi) is 5.07. The summed E-state index contributed by atoms with van der Waals surface area (Å²) >= 11 is 0. The molecule has 21 heavy (non-hydrogen) atoms. The van der Waals surface area contributed by atoms with E-state index in [1.807, 2.05) is 24.4 Å². The molecule has 0 unspecified atom stereocenters. The monoisotopic (exact) mass is 283 g/mol. The third kappa shape index (κ3) is 4.16. The normalized spacial score (nSPS) is 9.95. The molecular weight excluding hydrogens is 266 g/mol. The van der Waals surface area contributed by atoms with Gasteiger partial charge in [0, 0.05) is 19.2 Å². The maximum atomic E-state index is 11.4. The van der Waals surface area contributed by atoms with Crippen molar-refractivity contribution < 1.29 is 9.53 Å². The van der Waals surface area contributed by atoms with Crippen molar-refractivity contribution in [3.63, 3.8) is 0 Å². The second-order valence-corrected chi connectivity index (χ2v) is 4.54. The Morgan fingerprint density at radius 3 is 2.86 bits per heavy atom. The Morgan fingerprint density at radius 2 is 2.19 bits per heavy atom. The predicted octanol–water partition coefficient (Wildman–Crippen LogP) is 2.39.